The van der Waals surface area contributed by atoms with Crippen LogP contribution in [0.3, 0.4) is 0 Å². The molecule has 0 aromatic heterocycles. The molecule has 0 aliphatic rings. The van der Waals surface area contributed by atoms with Crippen molar-refractivity contribution < 1.29 is 22.7 Å². The number of carbonyl (C=O) groups is 2. The third kappa shape index (κ3) is 6.30. The van der Waals surface area contributed by atoms with Crippen LogP contribution in [-0.4, -0.2) is 44.8 Å². The summed E-state index contributed by atoms with van der Waals surface area (Å²) < 4.78 is 30.5. The number of ether oxygens (including phenoxy) is 1. The predicted molar refractivity (Wildman–Crippen MR) is 117 cm³/mol. The third-order valence-corrected chi connectivity index (χ3v) is 6.29. The molecule has 1 atom stereocenters. The van der Waals surface area contributed by atoms with Crippen molar-refractivity contribution >= 4 is 56.9 Å². The standard InChI is InChI=1S/C20H20Cl2N2O5S/c1-13(29-19(25)10-7-14-11-15(21)8-9-18(14)22)20(26)23-16-5-4-6-17(12-16)30(27,28)24(2)3/h4-13H,1-3H3,(H,23,26). The topological polar surface area (TPSA) is 92.8 Å². The summed E-state index contributed by atoms with van der Waals surface area (Å²) >= 11 is 11.9. The molecule has 1 unspecified atom stereocenters. The molecule has 1 amide bonds. The summed E-state index contributed by atoms with van der Waals surface area (Å²) in [5.41, 5.74) is 0.782. The Morgan fingerprint density at radius 1 is 1.13 bits per heavy atom. The molecule has 30 heavy (non-hydrogen) atoms. The van der Waals surface area contributed by atoms with Crippen molar-refractivity contribution in [2.24, 2.45) is 0 Å². The SMILES string of the molecule is CC(OC(=O)C=Cc1cc(Cl)ccc1Cl)C(=O)Nc1cccc(S(=O)(=O)N(C)C)c1. The molecule has 0 spiro atoms. The van der Waals surface area contributed by atoms with Crippen LogP contribution in [-0.2, 0) is 24.3 Å². The van der Waals surface area contributed by atoms with Gasteiger partial charge in [0, 0.05) is 35.9 Å². The molecule has 0 radical (unpaired) electrons. The van der Waals surface area contributed by atoms with Crippen LogP contribution < -0.4 is 5.32 Å². The number of halogens is 2. The normalized spacial score (nSPS) is 12.7. The zero-order valence-corrected chi connectivity index (χ0v) is 18.8. The van der Waals surface area contributed by atoms with Gasteiger partial charge in [-0.2, -0.15) is 0 Å². The van der Waals surface area contributed by atoms with E-state index in [4.69, 9.17) is 27.9 Å². The highest BCUT2D eigenvalue weighted by Crippen LogP contribution is 2.22. The molecule has 0 saturated carbocycles. The summed E-state index contributed by atoms with van der Waals surface area (Å²) in [5.74, 6) is -1.37. The van der Waals surface area contributed by atoms with Crippen LogP contribution in [0.5, 0.6) is 0 Å². The van der Waals surface area contributed by atoms with Crippen molar-refractivity contribution in [1.29, 1.82) is 0 Å². The zero-order chi connectivity index (χ0) is 22.5. The summed E-state index contributed by atoms with van der Waals surface area (Å²) in [4.78, 5) is 24.3. The molecule has 160 valence electrons. The molecular weight excluding hydrogens is 451 g/mol. The Morgan fingerprint density at radius 2 is 1.83 bits per heavy atom. The first-order valence-corrected chi connectivity index (χ1v) is 10.9. The maximum Gasteiger partial charge on any atom is 0.331 e. The van der Waals surface area contributed by atoms with Gasteiger partial charge in [-0.05, 0) is 55.0 Å². The van der Waals surface area contributed by atoms with Crippen molar-refractivity contribution in [2.45, 2.75) is 17.9 Å². The molecule has 0 saturated heterocycles. The van der Waals surface area contributed by atoms with Gasteiger partial charge in [0.25, 0.3) is 5.91 Å². The Kier molecular flexibility index (Phi) is 8.03. The molecule has 2 aromatic rings. The lowest BCUT2D eigenvalue weighted by atomic mass is 10.2. The number of anilines is 1. The lowest BCUT2D eigenvalue weighted by Gasteiger charge is -2.14. The number of esters is 1. The summed E-state index contributed by atoms with van der Waals surface area (Å²) in [6.45, 7) is 1.40. The van der Waals surface area contributed by atoms with Gasteiger partial charge in [0.05, 0.1) is 4.90 Å². The molecule has 2 rings (SSSR count). The first-order chi connectivity index (χ1) is 14.0. The predicted octanol–water partition coefficient (Wildman–Crippen LogP) is 3.83. The number of nitrogens with zero attached hydrogens (tertiary/aromatic N) is 1. The van der Waals surface area contributed by atoms with Crippen molar-refractivity contribution in [2.75, 3.05) is 19.4 Å². The van der Waals surface area contributed by atoms with Crippen LogP contribution in [0.15, 0.2) is 53.4 Å². The average Bonchev–Trinajstić information content (AvgIpc) is 2.68. The van der Waals surface area contributed by atoms with Crippen LogP contribution in [0.4, 0.5) is 5.69 Å². The maximum absolute atomic E-state index is 12.3. The van der Waals surface area contributed by atoms with Crippen LogP contribution in [0.25, 0.3) is 6.08 Å². The van der Waals surface area contributed by atoms with Gasteiger partial charge in [-0.15, -0.1) is 0 Å². The molecule has 0 aliphatic carbocycles. The Bertz CT molecular complexity index is 1080. The zero-order valence-electron chi connectivity index (χ0n) is 16.4. The molecule has 10 heteroatoms. The van der Waals surface area contributed by atoms with E-state index < -0.39 is 28.0 Å². The minimum atomic E-state index is -3.65. The Morgan fingerprint density at radius 3 is 2.50 bits per heavy atom. The molecule has 1 N–H and O–H groups in total. The van der Waals surface area contributed by atoms with Crippen molar-refractivity contribution in [1.82, 2.24) is 4.31 Å². The van der Waals surface area contributed by atoms with E-state index in [1.165, 1.54) is 51.4 Å². The number of benzene rings is 2. The number of rotatable bonds is 7. The first-order valence-electron chi connectivity index (χ1n) is 8.68. The number of hydrogen-bond acceptors (Lipinski definition) is 5. The van der Waals surface area contributed by atoms with E-state index in [0.29, 0.717) is 15.6 Å². The lowest BCUT2D eigenvalue weighted by molar-refractivity contribution is -0.148. The van der Waals surface area contributed by atoms with E-state index >= 15 is 0 Å². The molecule has 0 bridgehead atoms. The molecule has 0 heterocycles. The summed E-state index contributed by atoms with van der Waals surface area (Å²) in [6, 6.07) is 10.6. The highest BCUT2D eigenvalue weighted by molar-refractivity contribution is 7.89. The van der Waals surface area contributed by atoms with E-state index in [2.05, 4.69) is 5.32 Å². The monoisotopic (exact) mass is 470 g/mol. The Balaban J connectivity index is 2.02. The number of nitrogens with one attached hydrogen (secondary N) is 1. The number of sulfonamides is 1. The van der Waals surface area contributed by atoms with E-state index in [9.17, 15) is 18.0 Å². The van der Waals surface area contributed by atoms with Crippen LogP contribution >= 0.6 is 23.2 Å². The van der Waals surface area contributed by atoms with E-state index in [1.54, 1.807) is 18.2 Å². The smallest absolute Gasteiger partial charge is 0.331 e. The van der Waals surface area contributed by atoms with E-state index in [1.807, 2.05) is 0 Å². The maximum atomic E-state index is 12.3. The minimum Gasteiger partial charge on any atom is -0.449 e. The van der Waals surface area contributed by atoms with Gasteiger partial charge in [-0.25, -0.2) is 17.5 Å². The Labute approximate surface area is 185 Å². The fourth-order valence-electron chi connectivity index (χ4n) is 2.26. The van der Waals surface area contributed by atoms with Crippen LogP contribution in [0, 0.1) is 0 Å². The van der Waals surface area contributed by atoms with Gasteiger partial charge in [0.1, 0.15) is 0 Å². The van der Waals surface area contributed by atoms with Gasteiger partial charge in [-0.1, -0.05) is 29.3 Å². The summed E-state index contributed by atoms with van der Waals surface area (Å²) in [5, 5.41) is 3.39. The van der Waals surface area contributed by atoms with Crippen LogP contribution in [0.1, 0.15) is 12.5 Å². The van der Waals surface area contributed by atoms with Crippen LogP contribution in [0.2, 0.25) is 10.0 Å². The lowest BCUT2D eigenvalue weighted by Crippen LogP contribution is -2.29. The minimum absolute atomic E-state index is 0.0243. The molecule has 2 aromatic carbocycles. The fraction of sp³-hybridized carbons (Fsp3) is 0.200. The van der Waals surface area contributed by atoms with Gasteiger partial charge >= 0.3 is 5.97 Å². The fourth-order valence-corrected chi connectivity index (χ4v) is 3.57. The second kappa shape index (κ2) is 10.1. The van der Waals surface area contributed by atoms with Gasteiger partial charge < -0.3 is 10.1 Å². The van der Waals surface area contributed by atoms with E-state index in [-0.39, 0.29) is 10.6 Å². The van der Waals surface area contributed by atoms with Gasteiger partial charge in [-0.3, -0.25) is 4.79 Å². The molecule has 7 nitrogen and oxygen atoms in total. The first kappa shape index (κ1) is 23.9. The number of amides is 1. The second-order valence-electron chi connectivity index (χ2n) is 6.38. The van der Waals surface area contributed by atoms with Crippen molar-refractivity contribution in [3.8, 4) is 0 Å². The van der Waals surface area contributed by atoms with Gasteiger partial charge in [0.2, 0.25) is 10.0 Å². The second-order valence-corrected chi connectivity index (χ2v) is 9.38. The molecule has 0 aliphatic heterocycles. The third-order valence-electron chi connectivity index (χ3n) is 3.90. The van der Waals surface area contributed by atoms with Gasteiger partial charge in [0.15, 0.2) is 6.10 Å². The highest BCUT2D eigenvalue weighted by Gasteiger charge is 2.20. The van der Waals surface area contributed by atoms with Crippen molar-refractivity contribution in [3.05, 3.63) is 64.1 Å². The molecule has 0 fully saturated rings. The number of carbonyl (C=O) groups excluding carboxylic acids is 2. The average molecular weight is 471 g/mol. The van der Waals surface area contributed by atoms with Crippen molar-refractivity contribution in [3.63, 3.8) is 0 Å². The summed E-state index contributed by atoms with van der Waals surface area (Å²) in [6.07, 6.45) is 1.44. The largest absolute Gasteiger partial charge is 0.449 e. The summed E-state index contributed by atoms with van der Waals surface area (Å²) in [7, 11) is -0.830. The van der Waals surface area contributed by atoms with E-state index in [0.717, 1.165) is 10.4 Å². The Hall–Kier alpha value is -2.39. The molecular formula is C20H20Cl2N2O5S. The highest BCUT2D eigenvalue weighted by atomic mass is 35.5. The quantitative estimate of drug-likeness (QED) is 0.490. The number of hydrogen-bond donors (Lipinski definition) is 1.